The molecular weight excluding hydrogens is 257 g/mol. The van der Waals surface area contributed by atoms with E-state index in [4.69, 9.17) is 27.9 Å². The molecule has 0 saturated heterocycles. The first kappa shape index (κ1) is 14.6. The molecule has 0 fully saturated rings. The van der Waals surface area contributed by atoms with Crippen molar-refractivity contribution in [2.24, 2.45) is 0 Å². The van der Waals surface area contributed by atoms with Crippen molar-refractivity contribution in [3.63, 3.8) is 0 Å². The zero-order valence-corrected chi connectivity index (χ0v) is 12.1. The Kier molecular flexibility index (Phi) is 5.57. The summed E-state index contributed by atoms with van der Waals surface area (Å²) in [5, 5.41) is 3.33. The Bertz CT molecular complexity index is 361. The summed E-state index contributed by atoms with van der Waals surface area (Å²) >= 11 is 11.9. The lowest BCUT2D eigenvalue weighted by molar-refractivity contribution is -0.717. The first-order valence-electron chi connectivity index (χ1n) is 5.81. The number of hydrogen-bond acceptors (Lipinski definition) is 1. The topological polar surface area (TPSA) is 25.8 Å². The zero-order chi connectivity index (χ0) is 12.9. The number of rotatable bonds is 5. The lowest BCUT2D eigenvalue weighted by Crippen LogP contribution is -2.94. The van der Waals surface area contributed by atoms with Gasteiger partial charge in [-0.2, -0.15) is 0 Å². The van der Waals surface area contributed by atoms with E-state index in [1.807, 2.05) is 12.1 Å². The molecule has 17 heavy (non-hydrogen) atoms. The van der Waals surface area contributed by atoms with Crippen LogP contribution in [-0.4, -0.2) is 18.7 Å². The summed E-state index contributed by atoms with van der Waals surface area (Å²) in [5.74, 6) is 0.662. The molecule has 0 bridgehead atoms. The number of nitrogens with two attached hydrogens (primary N) is 1. The van der Waals surface area contributed by atoms with Gasteiger partial charge in [0.15, 0.2) is 0 Å². The standard InChI is InChI=1S/C13H19Cl2NO/c1-13(2,3)16-8-5-9-17-11-7-4-6-10(14)12(11)15/h4,6-7,16H,5,8-9H2,1-3H3/p+1. The van der Waals surface area contributed by atoms with Gasteiger partial charge in [-0.15, -0.1) is 0 Å². The predicted octanol–water partition coefficient (Wildman–Crippen LogP) is 3.12. The first-order valence-corrected chi connectivity index (χ1v) is 6.57. The second kappa shape index (κ2) is 6.48. The van der Waals surface area contributed by atoms with E-state index in [-0.39, 0.29) is 5.54 Å². The maximum atomic E-state index is 6.01. The van der Waals surface area contributed by atoms with Crippen LogP contribution in [0.15, 0.2) is 18.2 Å². The Morgan fingerprint density at radius 1 is 1.24 bits per heavy atom. The van der Waals surface area contributed by atoms with Crippen LogP contribution < -0.4 is 10.1 Å². The van der Waals surface area contributed by atoms with Crippen LogP contribution in [0.1, 0.15) is 27.2 Å². The molecular formula is C13H20Cl2NO+. The number of quaternary nitrogens is 1. The molecule has 1 rings (SSSR count). The minimum Gasteiger partial charge on any atom is -0.492 e. The third kappa shape index (κ3) is 5.62. The van der Waals surface area contributed by atoms with Gasteiger partial charge >= 0.3 is 0 Å². The molecule has 0 atom stereocenters. The summed E-state index contributed by atoms with van der Waals surface area (Å²) in [6.45, 7) is 8.29. The normalized spacial score (nSPS) is 11.6. The number of halogens is 2. The molecule has 1 aromatic carbocycles. The Morgan fingerprint density at radius 3 is 2.59 bits per heavy atom. The van der Waals surface area contributed by atoms with Gasteiger partial charge in [0.2, 0.25) is 0 Å². The van der Waals surface area contributed by atoms with Crippen LogP contribution in [0.3, 0.4) is 0 Å². The van der Waals surface area contributed by atoms with Crippen LogP contribution in [0.5, 0.6) is 5.75 Å². The highest BCUT2D eigenvalue weighted by Gasteiger charge is 2.12. The van der Waals surface area contributed by atoms with E-state index in [1.165, 1.54) is 0 Å². The zero-order valence-electron chi connectivity index (χ0n) is 10.6. The molecule has 0 saturated carbocycles. The predicted molar refractivity (Wildman–Crippen MR) is 73.1 cm³/mol. The van der Waals surface area contributed by atoms with Crippen molar-refractivity contribution in [2.45, 2.75) is 32.7 Å². The smallest absolute Gasteiger partial charge is 0.139 e. The van der Waals surface area contributed by atoms with Crippen molar-refractivity contribution >= 4 is 23.2 Å². The Morgan fingerprint density at radius 2 is 1.94 bits per heavy atom. The molecule has 0 aliphatic heterocycles. The lowest BCUT2D eigenvalue weighted by Gasteiger charge is -2.16. The summed E-state index contributed by atoms with van der Waals surface area (Å²) in [4.78, 5) is 0. The van der Waals surface area contributed by atoms with Crippen LogP contribution in [0.2, 0.25) is 10.0 Å². The lowest BCUT2D eigenvalue weighted by atomic mass is 10.1. The molecule has 0 spiro atoms. The van der Waals surface area contributed by atoms with Crippen LogP contribution in [0, 0.1) is 0 Å². The highest BCUT2D eigenvalue weighted by molar-refractivity contribution is 6.42. The first-order chi connectivity index (χ1) is 7.90. The Balaban J connectivity index is 2.29. The van der Waals surface area contributed by atoms with E-state index in [2.05, 4.69) is 26.1 Å². The van der Waals surface area contributed by atoms with Crippen molar-refractivity contribution in [3.8, 4) is 5.75 Å². The average molecular weight is 277 g/mol. The molecule has 2 nitrogen and oxygen atoms in total. The maximum absolute atomic E-state index is 6.01. The van der Waals surface area contributed by atoms with E-state index in [0.717, 1.165) is 13.0 Å². The summed E-state index contributed by atoms with van der Waals surface area (Å²) in [6, 6.07) is 5.43. The quantitative estimate of drug-likeness (QED) is 0.822. The van der Waals surface area contributed by atoms with E-state index in [0.29, 0.717) is 22.4 Å². The molecule has 0 aliphatic carbocycles. The van der Waals surface area contributed by atoms with Crippen molar-refractivity contribution in [2.75, 3.05) is 13.2 Å². The van der Waals surface area contributed by atoms with Crippen LogP contribution in [0.25, 0.3) is 0 Å². The largest absolute Gasteiger partial charge is 0.492 e. The van der Waals surface area contributed by atoms with Gasteiger partial charge in [0.05, 0.1) is 23.7 Å². The van der Waals surface area contributed by atoms with Crippen LogP contribution in [0.4, 0.5) is 0 Å². The summed E-state index contributed by atoms with van der Waals surface area (Å²) in [5.41, 5.74) is 0.272. The summed E-state index contributed by atoms with van der Waals surface area (Å²) in [6.07, 6.45) is 0.986. The average Bonchev–Trinajstić information content (AvgIpc) is 2.22. The van der Waals surface area contributed by atoms with Crippen molar-refractivity contribution in [1.82, 2.24) is 0 Å². The van der Waals surface area contributed by atoms with E-state index >= 15 is 0 Å². The maximum Gasteiger partial charge on any atom is 0.139 e. The highest BCUT2D eigenvalue weighted by Crippen LogP contribution is 2.31. The van der Waals surface area contributed by atoms with Crippen molar-refractivity contribution < 1.29 is 10.1 Å². The van der Waals surface area contributed by atoms with Gasteiger partial charge in [0, 0.05) is 6.42 Å². The molecule has 2 N–H and O–H groups in total. The molecule has 0 radical (unpaired) electrons. The number of benzene rings is 1. The molecule has 0 heterocycles. The van der Waals surface area contributed by atoms with Gasteiger partial charge in [0.1, 0.15) is 10.8 Å². The minimum atomic E-state index is 0.272. The third-order valence-corrected chi connectivity index (χ3v) is 3.08. The Labute approximate surface area is 113 Å². The molecule has 4 heteroatoms. The second-order valence-electron chi connectivity index (χ2n) is 5.11. The molecule has 0 aliphatic rings. The summed E-state index contributed by atoms with van der Waals surface area (Å²) < 4.78 is 5.60. The third-order valence-electron chi connectivity index (χ3n) is 2.28. The minimum absolute atomic E-state index is 0.272. The number of hydrogen-bond donors (Lipinski definition) is 1. The fraction of sp³-hybridized carbons (Fsp3) is 0.538. The fourth-order valence-corrected chi connectivity index (χ4v) is 1.74. The molecule has 1 aromatic rings. The highest BCUT2D eigenvalue weighted by atomic mass is 35.5. The van der Waals surface area contributed by atoms with Crippen LogP contribution in [-0.2, 0) is 0 Å². The van der Waals surface area contributed by atoms with Gasteiger partial charge in [-0.3, -0.25) is 0 Å². The van der Waals surface area contributed by atoms with E-state index in [1.54, 1.807) is 6.07 Å². The monoisotopic (exact) mass is 276 g/mol. The second-order valence-corrected chi connectivity index (χ2v) is 5.90. The summed E-state index contributed by atoms with van der Waals surface area (Å²) in [7, 11) is 0. The van der Waals surface area contributed by atoms with E-state index < -0.39 is 0 Å². The number of ether oxygens (including phenoxy) is 1. The Hall–Kier alpha value is -0.440. The van der Waals surface area contributed by atoms with Crippen molar-refractivity contribution in [3.05, 3.63) is 28.2 Å². The molecule has 96 valence electrons. The van der Waals surface area contributed by atoms with Gasteiger partial charge in [-0.25, -0.2) is 0 Å². The van der Waals surface area contributed by atoms with Gasteiger partial charge in [-0.1, -0.05) is 29.3 Å². The van der Waals surface area contributed by atoms with Crippen LogP contribution >= 0.6 is 23.2 Å². The van der Waals surface area contributed by atoms with E-state index in [9.17, 15) is 0 Å². The van der Waals surface area contributed by atoms with Gasteiger partial charge in [-0.05, 0) is 32.9 Å². The molecule has 0 unspecified atom stereocenters. The van der Waals surface area contributed by atoms with Gasteiger partial charge < -0.3 is 10.1 Å². The van der Waals surface area contributed by atoms with Gasteiger partial charge in [0.25, 0.3) is 0 Å². The molecule has 0 amide bonds. The van der Waals surface area contributed by atoms with Crippen molar-refractivity contribution in [1.29, 1.82) is 0 Å². The fourth-order valence-electron chi connectivity index (χ4n) is 1.40. The molecule has 0 aromatic heterocycles. The SMILES string of the molecule is CC(C)(C)[NH2+]CCCOc1cccc(Cl)c1Cl.